The first-order chi connectivity index (χ1) is 8.59. The molecule has 18 heavy (non-hydrogen) atoms. The molecule has 1 aliphatic rings. The fraction of sp³-hybridized carbons (Fsp3) is 0. The van der Waals surface area contributed by atoms with E-state index in [2.05, 4.69) is 0 Å². The number of carboxylic acid groups (broad SMARTS) is 1. The highest BCUT2D eigenvalue weighted by Gasteiger charge is 2.23. The smallest absolute Gasteiger partial charge is 0.336 e. The molecule has 0 unspecified atom stereocenters. The highest BCUT2D eigenvalue weighted by molar-refractivity contribution is 6.15. The Labute approximate surface area is 101 Å². The van der Waals surface area contributed by atoms with E-state index in [0.717, 1.165) is 11.1 Å². The highest BCUT2D eigenvalue weighted by Crippen LogP contribution is 2.38. The van der Waals surface area contributed by atoms with E-state index < -0.39 is 10.9 Å². The number of rotatable bonds is 2. The first-order valence-electron chi connectivity index (χ1n) is 5.25. The van der Waals surface area contributed by atoms with Crippen LogP contribution in [0.5, 0.6) is 0 Å². The SMILES string of the molecule is O=C(O)c1ccc2c3c(ccc([N+](=O)[O-])c13)C=C2. The Hall–Kier alpha value is -2.69. The van der Waals surface area contributed by atoms with Crippen molar-refractivity contribution in [2.24, 2.45) is 0 Å². The predicted octanol–water partition coefficient (Wildman–Crippen LogP) is 2.93. The third-order valence-electron chi connectivity index (χ3n) is 3.07. The van der Waals surface area contributed by atoms with Crippen molar-refractivity contribution in [3.05, 3.63) is 51.1 Å². The number of carbonyl (C=O) groups is 1. The van der Waals surface area contributed by atoms with Crippen LogP contribution in [0, 0.1) is 10.1 Å². The van der Waals surface area contributed by atoms with E-state index in [0.29, 0.717) is 5.39 Å². The Morgan fingerprint density at radius 3 is 2.22 bits per heavy atom. The van der Waals surface area contributed by atoms with Gasteiger partial charge in [0.25, 0.3) is 5.69 Å². The summed E-state index contributed by atoms with van der Waals surface area (Å²) in [6.45, 7) is 0. The fourth-order valence-electron chi connectivity index (χ4n) is 2.32. The molecule has 5 nitrogen and oxygen atoms in total. The van der Waals surface area contributed by atoms with Gasteiger partial charge in [0.1, 0.15) is 0 Å². The normalized spacial score (nSPS) is 12.0. The molecular formula is C13H7NO4. The molecule has 88 valence electrons. The van der Waals surface area contributed by atoms with Crippen molar-refractivity contribution in [3.8, 4) is 0 Å². The van der Waals surface area contributed by atoms with E-state index in [1.165, 1.54) is 12.1 Å². The second-order valence-corrected chi connectivity index (χ2v) is 4.02. The molecule has 0 saturated carbocycles. The Morgan fingerprint density at radius 2 is 1.67 bits per heavy atom. The lowest BCUT2D eigenvalue weighted by molar-refractivity contribution is -0.383. The summed E-state index contributed by atoms with van der Waals surface area (Å²) in [5.74, 6) is -1.16. The zero-order chi connectivity index (χ0) is 12.9. The molecule has 0 saturated heterocycles. The van der Waals surface area contributed by atoms with Crippen LogP contribution in [0.3, 0.4) is 0 Å². The van der Waals surface area contributed by atoms with Gasteiger partial charge in [0.05, 0.1) is 15.9 Å². The lowest BCUT2D eigenvalue weighted by Crippen LogP contribution is -2.01. The van der Waals surface area contributed by atoms with Gasteiger partial charge in [-0.25, -0.2) is 4.79 Å². The molecular weight excluding hydrogens is 234 g/mol. The number of nitro benzene ring substituents is 1. The molecule has 1 aliphatic carbocycles. The third-order valence-corrected chi connectivity index (χ3v) is 3.07. The van der Waals surface area contributed by atoms with Crippen LogP contribution in [0.15, 0.2) is 24.3 Å². The van der Waals surface area contributed by atoms with Crippen LogP contribution in [0.25, 0.3) is 22.9 Å². The maximum Gasteiger partial charge on any atom is 0.336 e. The average molecular weight is 241 g/mol. The summed E-state index contributed by atoms with van der Waals surface area (Å²) in [4.78, 5) is 21.7. The van der Waals surface area contributed by atoms with Gasteiger partial charge in [-0.05, 0) is 23.3 Å². The van der Waals surface area contributed by atoms with Crippen molar-refractivity contribution < 1.29 is 14.8 Å². The largest absolute Gasteiger partial charge is 0.478 e. The van der Waals surface area contributed by atoms with Gasteiger partial charge in [0, 0.05) is 11.5 Å². The van der Waals surface area contributed by atoms with Crippen LogP contribution >= 0.6 is 0 Å². The summed E-state index contributed by atoms with van der Waals surface area (Å²) < 4.78 is 0. The maximum atomic E-state index is 11.2. The molecule has 2 aromatic carbocycles. The Morgan fingerprint density at radius 1 is 1.06 bits per heavy atom. The van der Waals surface area contributed by atoms with Crippen LogP contribution < -0.4 is 0 Å². The molecule has 0 fully saturated rings. The minimum atomic E-state index is -1.16. The van der Waals surface area contributed by atoms with Gasteiger partial charge in [0.2, 0.25) is 0 Å². The number of carboxylic acids is 1. The van der Waals surface area contributed by atoms with Gasteiger partial charge in [-0.1, -0.05) is 18.2 Å². The standard InChI is InChI=1S/C13H7NO4/c15-13(16)9-5-3-7-1-2-8-4-6-10(14(17)18)12(9)11(7)8/h1-6H,(H,15,16). The quantitative estimate of drug-likeness (QED) is 0.552. The van der Waals surface area contributed by atoms with Gasteiger partial charge in [-0.3, -0.25) is 10.1 Å². The zero-order valence-electron chi connectivity index (χ0n) is 9.08. The van der Waals surface area contributed by atoms with Gasteiger partial charge < -0.3 is 5.11 Å². The molecule has 0 aromatic heterocycles. The molecule has 0 bridgehead atoms. The summed E-state index contributed by atoms with van der Waals surface area (Å²) in [6, 6.07) is 6.07. The molecule has 0 amide bonds. The second-order valence-electron chi connectivity index (χ2n) is 4.02. The Bertz CT molecular complexity index is 687. The monoisotopic (exact) mass is 241 g/mol. The highest BCUT2D eigenvalue weighted by atomic mass is 16.6. The van der Waals surface area contributed by atoms with E-state index >= 15 is 0 Å². The molecule has 3 rings (SSSR count). The topological polar surface area (TPSA) is 80.4 Å². The summed E-state index contributed by atoms with van der Waals surface area (Å²) in [5, 5.41) is 21.0. The number of non-ortho nitro benzene ring substituents is 1. The minimum absolute atomic E-state index is 0.0361. The van der Waals surface area contributed by atoms with Gasteiger partial charge >= 0.3 is 5.97 Å². The number of benzene rings is 2. The first kappa shape index (κ1) is 10.5. The van der Waals surface area contributed by atoms with E-state index in [4.69, 9.17) is 5.11 Å². The fourth-order valence-corrected chi connectivity index (χ4v) is 2.32. The number of hydrogen-bond donors (Lipinski definition) is 1. The van der Waals surface area contributed by atoms with E-state index in [1.807, 2.05) is 12.2 Å². The Kier molecular flexibility index (Phi) is 1.98. The van der Waals surface area contributed by atoms with Crippen LogP contribution in [0.2, 0.25) is 0 Å². The third kappa shape index (κ3) is 1.24. The first-order valence-corrected chi connectivity index (χ1v) is 5.25. The van der Waals surface area contributed by atoms with Crippen molar-refractivity contribution in [2.75, 3.05) is 0 Å². The minimum Gasteiger partial charge on any atom is -0.478 e. The van der Waals surface area contributed by atoms with Crippen LogP contribution in [-0.2, 0) is 0 Å². The predicted molar refractivity (Wildman–Crippen MR) is 66.5 cm³/mol. The average Bonchev–Trinajstić information content (AvgIpc) is 2.74. The van der Waals surface area contributed by atoms with Crippen molar-refractivity contribution in [1.82, 2.24) is 0 Å². The summed E-state index contributed by atoms with van der Waals surface area (Å²) in [5.41, 5.74) is 1.42. The summed E-state index contributed by atoms with van der Waals surface area (Å²) in [7, 11) is 0. The molecule has 0 aliphatic heterocycles. The molecule has 1 N–H and O–H groups in total. The number of hydrogen-bond acceptors (Lipinski definition) is 3. The number of nitro groups is 1. The van der Waals surface area contributed by atoms with E-state index in [-0.39, 0.29) is 16.6 Å². The number of nitrogens with zero attached hydrogens (tertiary/aromatic N) is 1. The zero-order valence-corrected chi connectivity index (χ0v) is 9.08. The lowest BCUT2D eigenvalue weighted by atomic mass is 9.98. The molecule has 0 radical (unpaired) electrons. The Balaban J connectivity index is 2.55. The molecule has 0 heterocycles. The second kappa shape index (κ2) is 3.40. The molecule has 5 heteroatoms. The molecule has 0 atom stereocenters. The van der Waals surface area contributed by atoms with E-state index in [9.17, 15) is 14.9 Å². The van der Waals surface area contributed by atoms with Crippen molar-refractivity contribution in [2.45, 2.75) is 0 Å². The van der Waals surface area contributed by atoms with Crippen molar-refractivity contribution in [3.63, 3.8) is 0 Å². The molecule has 0 spiro atoms. The van der Waals surface area contributed by atoms with Crippen LogP contribution in [-0.4, -0.2) is 16.0 Å². The maximum absolute atomic E-state index is 11.2. The summed E-state index contributed by atoms with van der Waals surface area (Å²) in [6.07, 6.45) is 3.65. The lowest BCUT2D eigenvalue weighted by Gasteiger charge is -2.06. The summed E-state index contributed by atoms with van der Waals surface area (Å²) >= 11 is 0. The van der Waals surface area contributed by atoms with Gasteiger partial charge in [-0.15, -0.1) is 0 Å². The van der Waals surface area contributed by atoms with Gasteiger partial charge in [0.15, 0.2) is 0 Å². The number of aromatic carboxylic acids is 1. The van der Waals surface area contributed by atoms with Crippen molar-refractivity contribution in [1.29, 1.82) is 0 Å². The van der Waals surface area contributed by atoms with Crippen LogP contribution in [0.4, 0.5) is 5.69 Å². The van der Waals surface area contributed by atoms with Crippen LogP contribution in [0.1, 0.15) is 21.5 Å². The van der Waals surface area contributed by atoms with E-state index in [1.54, 1.807) is 12.1 Å². The molecule has 2 aromatic rings. The van der Waals surface area contributed by atoms with Crippen molar-refractivity contribution >= 4 is 34.6 Å². The van der Waals surface area contributed by atoms with Gasteiger partial charge in [-0.2, -0.15) is 0 Å².